The lowest BCUT2D eigenvalue weighted by atomic mass is 10.1. The first-order chi connectivity index (χ1) is 15.3. The van der Waals surface area contributed by atoms with Gasteiger partial charge in [-0.25, -0.2) is 4.68 Å². The van der Waals surface area contributed by atoms with Gasteiger partial charge in [0.2, 0.25) is 5.91 Å². The van der Waals surface area contributed by atoms with Crippen LogP contribution < -0.4 is 15.6 Å². The van der Waals surface area contributed by atoms with E-state index in [9.17, 15) is 9.59 Å². The number of carbonyl (C=O) groups excluding carboxylic acids is 1. The number of nitrogens with one attached hydrogen (secondary N) is 1. The number of fused-ring (bicyclic) bond motifs is 1. The molecule has 1 amide bonds. The second kappa shape index (κ2) is 8.47. The van der Waals surface area contributed by atoms with Gasteiger partial charge in [-0.3, -0.25) is 9.59 Å². The Hall–Kier alpha value is -3.65. The van der Waals surface area contributed by atoms with Crippen LogP contribution in [-0.4, -0.2) is 28.0 Å². The fraction of sp³-hybridized carbons (Fsp3) is 0.217. The highest BCUT2D eigenvalue weighted by Crippen LogP contribution is 2.30. The quantitative estimate of drug-likeness (QED) is 0.477. The van der Waals surface area contributed by atoms with Gasteiger partial charge in [0.25, 0.3) is 5.56 Å². The first kappa shape index (κ1) is 21.6. The van der Waals surface area contributed by atoms with E-state index in [2.05, 4.69) is 15.6 Å². The lowest BCUT2D eigenvalue weighted by molar-refractivity contribution is -0.119. The van der Waals surface area contributed by atoms with Gasteiger partial charge in [-0.1, -0.05) is 35.0 Å². The number of aromatic nitrogens is 3. The van der Waals surface area contributed by atoms with Crippen molar-refractivity contribution in [2.75, 3.05) is 12.4 Å². The zero-order valence-electron chi connectivity index (χ0n) is 18.0. The van der Waals surface area contributed by atoms with Crippen LogP contribution in [0, 0.1) is 13.8 Å². The largest absolute Gasteiger partial charge is 0.497 e. The van der Waals surface area contributed by atoms with Gasteiger partial charge < -0.3 is 14.6 Å². The molecule has 2 aromatic heterocycles. The van der Waals surface area contributed by atoms with Crippen LogP contribution in [-0.2, 0) is 4.79 Å². The number of hydrogen-bond donors (Lipinski definition) is 1. The van der Waals surface area contributed by atoms with E-state index in [0.29, 0.717) is 38.9 Å². The van der Waals surface area contributed by atoms with Gasteiger partial charge in [-0.05, 0) is 50.6 Å². The molecule has 1 atom stereocenters. The smallest absolute Gasteiger partial charge is 0.297 e. The molecule has 2 aromatic carbocycles. The SMILES string of the molecule is COc1cccc(-c2nn([C@@H](C)C(=O)Nc3cccc(Cl)c3C)c(=O)c3noc(C)c23)c1. The molecule has 0 spiro atoms. The molecule has 0 saturated heterocycles. The number of amides is 1. The fourth-order valence-electron chi connectivity index (χ4n) is 3.43. The van der Waals surface area contributed by atoms with Crippen LogP contribution in [0.1, 0.15) is 24.3 Å². The molecule has 0 aliphatic carbocycles. The van der Waals surface area contributed by atoms with E-state index in [0.717, 1.165) is 10.2 Å². The predicted molar refractivity (Wildman–Crippen MR) is 122 cm³/mol. The van der Waals surface area contributed by atoms with Crippen molar-refractivity contribution in [1.29, 1.82) is 0 Å². The fourth-order valence-corrected chi connectivity index (χ4v) is 3.61. The summed E-state index contributed by atoms with van der Waals surface area (Å²) in [6.45, 7) is 5.11. The van der Waals surface area contributed by atoms with Crippen molar-refractivity contribution in [2.45, 2.75) is 26.8 Å². The van der Waals surface area contributed by atoms with E-state index in [1.807, 2.05) is 12.1 Å². The van der Waals surface area contributed by atoms with Gasteiger partial charge >= 0.3 is 0 Å². The van der Waals surface area contributed by atoms with Crippen LogP contribution in [0.15, 0.2) is 51.8 Å². The summed E-state index contributed by atoms with van der Waals surface area (Å²) in [4.78, 5) is 26.1. The van der Waals surface area contributed by atoms with Crippen LogP contribution in [0.4, 0.5) is 5.69 Å². The predicted octanol–water partition coefficient (Wildman–Crippen LogP) is 4.53. The molecular weight excluding hydrogens is 432 g/mol. The number of anilines is 1. The van der Waals surface area contributed by atoms with Crippen molar-refractivity contribution in [1.82, 2.24) is 14.9 Å². The summed E-state index contributed by atoms with van der Waals surface area (Å²) < 4.78 is 11.7. The third kappa shape index (κ3) is 3.73. The number of aryl methyl sites for hydroxylation is 1. The van der Waals surface area contributed by atoms with E-state index in [1.165, 1.54) is 0 Å². The highest BCUT2D eigenvalue weighted by Gasteiger charge is 2.25. The van der Waals surface area contributed by atoms with Crippen LogP contribution in [0.25, 0.3) is 22.2 Å². The average molecular weight is 453 g/mol. The zero-order chi connectivity index (χ0) is 23.0. The van der Waals surface area contributed by atoms with Gasteiger partial charge in [0.05, 0.1) is 12.5 Å². The summed E-state index contributed by atoms with van der Waals surface area (Å²) in [5.74, 6) is 0.675. The third-order valence-corrected chi connectivity index (χ3v) is 5.74. The van der Waals surface area contributed by atoms with E-state index in [-0.39, 0.29) is 5.52 Å². The molecular formula is C23H21ClN4O4. The summed E-state index contributed by atoms with van der Waals surface area (Å²) in [5.41, 5.74) is 2.05. The van der Waals surface area contributed by atoms with Crippen molar-refractivity contribution in [3.63, 3.8) is 0 Å². The first-order valence-corrected chi connectivity index (χ1v) is 10.3. The maximum atomic E-state index is 13.1. The monoisotopic (exact) mass is 452 g/mol. The van der Waals surface area contributed by atoms with E-state index >= 15 is 0 Å². The Morgan fingerprint density at radius 1 is 1.22 bits per heavy atom. The van der Waals surface area contributed by atoms with Gasteiger partial charge in [-0.15, -0.1) is 0 Å². The molecule has 0 unspecified atom stereocenters. The molecule has 32 heavy (non-hydrogen) atoms. The number of rotatable bonds is 5. The number of hydrogen-bond acceptors (Lipinski definition) is 6. The minimum absolute atomic E-state index is 0.105. The van der Waals surface area contributed by atoms with Gasteiger partial charge in [0, 0.05) is 16.3 Å². The Balaban J connectivity index is 1.82. The highest BCUT2D eigenvalue weighted by molar-refractivity contribution is 6.31. The van der Waals surface area contributed by atoms with Crippen molar-refractivity contribution < 1.29 is 14.1 Å². The highest BCUT2D eigenvalue weighted by atomic mass is 35.5. The van der Waals surface area contributed by atoms with Crippen molar-refractivity contribution in [3.8, 4) is 17.0 Å². The third-order valence-electron chi connectivity index (χ3n) is 5.33. The summed E-state index contributed by atoms with van der Waals surface area (Å²) in [5, 5.41) is 12.3. The molecule has 8 nitrogen and oxygen atoms in total. The molecule has 2 heterocycles. The molecule has 0 saturated carbocycles. The Labute approximate surface area is 188 Å². The summed E-state index contributed by atoms with van der Waals surface area (Å²) in [6, 6.07) is 11.6. The molecule has 1 N–H and O–H groups in total. The van der Waals surface area contributed by atoms with E-state index < -0.39 is 17.5 Å². The molecule has 0 bridgehead atoms. The van der Waals surface area contributed by atoms with Gasteiger partial charge in [0.1, 0.15) is 23.2 Å². The van der Waals surface area contributed by atoms with Crippen molar-refractivity contribution in [3.05, 3.63) is 69.2 Å². The molecule has 4 aromatic rings. The number of ether oxygens (including phenoxy) is 1. The molecule has 0 aliphatic heterocycles. The topological polar surface area (TPSA) is 99.2 Å². The van der Waals surface area contributed by atoms with Crippen LogP contribution >= 0.6 is 11.6 Å². The molecule has 0 fully saturated rings. The second-order valence-corrected chi connectivity index (χ2v) is 7.78. The molecule has 9 heteroatoms. The second-order valence-electron chi connectivity index (χ2n) is 7.37. The lowest BCUT2D eigenvalue weighted by Gasteiger charge is -2.17. The van der Waals surface area contributed by atoms with Crippen molar-refractivity contribution in [2.24, 2.45) is 0 Å². The molecule has 4 rings (SSSR count). The maximum absolute atomic E-state index is 13.1. The Morgan fingerprint density at radius 2 is 1.97 bits per heavy atom. The van der Waals surface area contributed by atoms with Gasteiger partial charge in [-0.2, -0.15) is 5.10 Å². The number of methoxy groups -OCH3 is 1. The minimum atomic E-state index is -0.924. The van der Waals surface area contributed by atoms with E-state index in [1.54, 1.807) is 58.2 Å². The van der Waals surface area contributed by atoms with Crippen LogP contribution in [0.5, 0.6) is 5.75 Å². The van der Waals surface area contributed by atoms with Crippen LogP contribution in [0.2, 0.25) is 5.02 Å². The standard InChI is InChI=1S/C23H21ClN4O4/c1-12-17(24)9-6-10-18(12)25-22(29)13(2)28-23(30)21-19(14(3)32-27-21)20(26-28)15-7-5-8-16(11-15)31-4/h5-11,13H,1-4H3,(H,25,29)/t13-/m0/s1. The Morgan fingerprint density at radius 3 is 2.72 bits per heavy atom. The van der Waals surface area contributed by atoms with E-state index in [4.69, 9.17) is 20.9 Å². The lowest BCUT2D eigenvalue weighted by Crippen LogP contribution is -2.34. The van der Waals surface area contributed by atoms with Crippen molar-refractivity contribution >= 4 is 34.1 Å². The number of nitrogens with zero attached hydrogens (tertiary/aromatic N) is 3. The molecule has 0 aliphatic rings. The Kier molecular flexibility index (Phi) is 5.71. The average Bonchev–Trinajstić information content (AvgIpc) is 3.19. The zero-order valence-corrected chi connectivity index (χ0v) is 18.7. The van der Waals surface area contributed by atoms with Gasteiger partial charge in [0.15, 0.2) is 5.52 Å². The van der Waals surface area contributed by atoms with Crippen LogP contribution in [0.3, 0.4) is 0 Å². The number of halogens is 1. The summed E-state index contributed by atoms with van der Waals surface area (Å²) in [6.07, 6.45) is 0. The molecule has 0 radical (unpaired) electrons. The Bertz CT molecular complexity index is 1390. The minimum Gasteiger partial charge on any atom is -0.497 e. The number of carbonyl (C=O) groups is 1. The summed E-state index contributed by atoms with van der Waals surface area (Å²) >= 11 is 6.15. The maximum Gasteiger partial charge on any atom is 0.297 e. The number of benzene rings is 2. The molecule has 164 valence electrons. The first-order valence-electron chi connectivity index (χ1n) is 9.91. The normalized spacial score (nSPS) is 12.0. The summed E-state index contributed by atoms with van der Waals surface area (Å²) in [7, 11) is 1.57.